The van der Waals surface area contributed by atoms with Gasteiger partial charge in [0.05, 0.1) is 5.69 Å². The normalized spacial score (nSPS) is 15.3. The highest BCUT2D eigenvalue weighted by atomic mass is 19.1. The quantitative estimate of drug-likeness (QED) is 0.610. The Morgan fingerprint density at radius 1 is 0.926 bits per heavy atom. The van der Waals surface area contributed by atoms with Crippen LogP contribution in [0.2, 0.25) is 0 Å². The van der Waals surface area contributed by atoms with E-state index in [-0.39, 0.29) is 17.4 Å². The molecule has 27 heavy (non-hydrogen) atoms. The second kappa shape index (κ2) is 7.00. The number of nitrogens with zero attached hydrogens (tertiary/aromatic N) is 2. The topological polar surface area (TPSA) is 32.7 Å². The zero-order valence-corrected chi connectivity index (χ0v) is 14.8. The Labute approximate surface area is 157 Å². The first-order chi connectivity index (χ1) is 13.1. The fourth-order valence-electron chi connectivity index (χ4n) is 3.05. The predicted molar refractivity (Wildman–Crippen MR) is 106 cm³/mol. The van der Waals surface area contributed by atoms with E-state index in [0.717, 1.165) is 16.8 Å². The Morgan fingerprint density at radius 2 is 1.67 bits per heavy atom. The van der Waals surface area contributed by atoms with Crippen molar-refractivity contribution in [2.75, 3.05) is 4.90 Å². The molecule has 1 aliphatic rings. The molecule has 4 rings (SSSR count). The number of rotatable bonds is 3. The molecule has 0 aromatic heterocycles. The van der Waals surface area contributed by atoms with Crippen LogP contribution in [-0.4, -0.2) is 11.7 Å². The van der Waals surface area contributed by atoms with Crippen molar-refractivity contribution in [3.63, 3.8) is 0 Å². The summed E-state index contributed by atoms with van der Waals surface area (Å²) in [6.07, 6.45) is 1.50. The lowest BCUT2D eigenvalue weighted by atomic mass is 10.1. The van der Waals surface area contributed by atoms with Gasteiger partial charge in [-0.25, -0.2) is 9.38 Å². The van der Waals surface area contributed by atoms with Crippen LogP contribution in [0.25, 0.3) is 6.08 Å². The molecule has 0 atom stereocenters. The van der Waals surface area contributed by atoms with Gasteiger partial charge in [-0.3, -0.25) is 9.69 Å². The fourth-order valence-corrected chi connectivity index (χ4v) is 3.05. The summed E-state index contributed by atoms with van der Waals surface area (Å²) in [4.78, 5) is 19.2. The molecule has 0 aliphatic carbocycles. The highest BCUT2D eigenvalue weighted by Gasteiger charge is 2.32. The van der Waals surface area contributed by atoms with E-state index in [4.69, 9.17) is 0 Å². The molecule has 0 unspecified atom stereocenters. The standard InChI is InChI=1S/C23H17FN2O/c1-16-8-7-10-18(14-16)22-25-21(15-17-9-5-6-13-20(17)24)23(27)26(22)19-11-3-2-4-12-19/h2-15H,1H3/b21-15+. The van der Waals surface area contributed by atoms with Crippen molar-refractivity contribution >= 4 is 23.5 Å². The summed E-state index contributed by atoms with van der Waals surface area (Å²) in [5.74, 6) is -0.123. The van der Waals surface area contributed by atoms with Gasteiger partial charge in [0.15, 0.2) is 0 Å². The lowest BCUT2D eigenvalue weighted by molar-refractivity contribution is -0.113. The van der Waals surface area contributed by atoms with Gasteiger partial charge in [-0.05, 0) is 37.3 Å². The summed E-state index contributed by atoms with van der Waals surface area (Å²) in [6.45, 7) is 1.99. The smallest absolute Gasteiger partial charge is 0.266 e. The first-order valence-corrected chi connectivity index (χ1v) is 8.65. The van der Waals surface area contributed by atoms with Gasteiger partial charge in [-0.15, -0.1) is 0 Å². The average molecular weight is 356 g/mol. The molecule has 4 heteroatoms. The first kappa shape index (κ1) is 16.9. The van der Waals surface area contributed by atoms with E-state index < -0.39 is 0 Å². The number of anilines is 1. The molecule has 0 N–H and O–H groups in total. The summed E-state index contributed by atoms with van der Waals surface area (Å²) in [7, 11) is 0. The van der Waals surface area contributed by atoms with Crippen LogP contribution >= 0.6 is 0 Å². The van der Waals surface area contributed by atoms with Crippen LogP contribution in [0.15, 0.2) is 89.6 Å². The van der Waals surface area contributed by atoms with Gasteiger partial charge in [-0.1, -0.05) is 60.2 Å². The maximum atomic E-state index is 14.0. The molecule has 0 bridgehead atoms. The molecule has 3 aromatic rings. The van der Waals surface area contributed by atoms with Gasteiger partial charge in [0, 0.05) is 11.1 Å². The molecule has 132 valence electrons. The summed E-state index contributed by atoms with van der Waals surface area (Å²) < 4.78 is 14.0. The van der Waals surface area contributed by atoms with Gasteiger partial charge in [0.1, 0.15) is 17.3 Å². The molecule has 1 amide bonds. The third-order valence-corrected chi connectivity index (χ3v) is 4.35. The molecular formula is C23H17FN2O. The van der Waals surface area contributed by atoms with Crippen molar-refractivity contribution < 1.29 is 9.18 Å². The largest absolute Gasteiger partial charge is 0.282 e. The molecule has 3 nitrogen and oxygen atoms in total. The lowest BCUT2D eigenvalue weighted by Gasteiger charge is -2.18. The van der Waals surface area contributed by atoms with E-state index in [0.29, 0.717) is 11.4 Å². The Hall–Kier alpha value is -3.53. The third kappa shape index (κ3) is 3.29. The highest BCUT2D eigenvalue weighted by molar-refractivity contribution is 6.33. The number of aryl methyl sites for hydroxylation is 1. The molecule has 0 spiro atoms. The Balaban J connectivity index is 1.86. The Bertz CT molecular complexity index is 1070. The van der Waals surface area contributed by atoms with Gasteiger partial charge >= 0.3 is 0 Å². The van der Waals surface area contributed by atoms with E-state index in [1.165, 1.54) is 12.1 Å². The van der Waals surface area contributed by atoms with Gasteiger partial charge in [0.25, 0.3) is 5.91 Å². The number of halogens is 1. The highest BCUT2D eigenvalue weighted by Crippen LogP contribution is 2.28. The fraction of sp³-hybridized carbons (Fsp3) is 0.0435. The van der Waals surface area contributed by atoms with Crippen LogP contribution in [0.4, 0.5) is 10.1 Å². The number of amides is 1. The summed E-state index contributed by atoms with van der Waals surface area (Å²) >= 11 is 0. The molecule has 0 fully saturated rings. The van der Waals surface area contributed by atoms with Crippen LogP contribution in [0.5, 0.6) is 0 Å². The average Bonchev–Trinajstić information content (AvgIpc) is 3.01. The van der Waals surface area contributed by atoms with E-state index in [9.17, 15) is 9.18 Å². The van der Waals surface area contributed by atoms with Crippen molar-refractivity contribution in [2.45, 2.75) is 6.92 Å². The number of benzene rings is 3. The van der Waals surface area contributed by atoms with Crippen LogP contribution in [0, 0.1) is 12.7 Å². The van der Waals surface area contributed by atoms with E-state index in [1.807, 2.05) is 61.5 Å². The van der Waals surface area contributed by atoms with Gasteiger partial charge < -0.3 is 0 Å². The van der Waals surface area contributed by atoms with Crippen LogP contribution in [-0.2, 0) is 4.79 Å². The van der Waals surface area contributed by atoms with Crippen molar-refractivity contribution in [1.82, 2.24) is 0 Å². The lowest BCUT2D eigenvalue weighted by Crippen LogP contribution is -2.32. The minimum atomic E-state index is -0.386. The number of aliphatic imine (C=N–C) groups is 1. The van der Waals surface area contributed by atoms with Crippen LogP contribution in [0.3, 0.4) is 0 Å². The van der Waals surface area contributed by atoms with Crippen molar-refractivity contribution in [2.24, 2.45) is 4.99 Å². The zero-order valence-electron chi connectivity index (χ0n) is 14.8. The molecule has 3 aromatic carbocycles. The number of hydrogen-bond donors (Lipinski definition) is 0. The van der Waals surface area contributed by atoms with Crippen molar-refractivity contribution in [3.05, 3.63) is 107 Å². The number of amidine groups is 1. The maximum Gasteiger partial charge on any atom is 0.282 e. The van der Waals surface area contributed by atoms with Crippen molar-refractivity contribution in [3.8, 4) is 0 Å². The van der Waals surface area contributed by atoms with E-state index in [1.54, 1.807) is 23.1 Å². The summed E-state index contributed by atoms with van der Waals surface area (Å²) in [6, 6.07) is 23.5. The van der Waals surface area contributed by atoms with E-state index in [2.05, 4.69) is 4.99 Å². The first-order valence-electron chi connectivity index (χ1n) is 8.65. The van der Waals surface area contributed by atoms with Gasteiger partial charge in [-0.2, -0.15) is 0 Å². The SMILES string of the molecule is Cc1cccc(C2=N/C(=C/c3ccccc3F)C(=O)N2c2ccccc2)c1. The second-order valence-electron chi connectivity index (χ2n) is 6.33. The number of hydrogen-bond acceptors (Lipinski definition) is 2. The summed E-state index contributed by atoms with van der Waals surface area (Å²) in [5.41, 5.74) is 3.18. The number of para-hydroxylation sites is 1. The number of carbonyl (C=O) groups is 1. The van der Waals surface area contributed by atoms with Gasteiger partial charge in [0.2, 0.25) is 0 Å². The molecule has 1 heterocycles. The van der Waals surface area contributed by atoms with Crippen LogP contribution < -0.4 is 4.90 Å². The minimum Gasteiger partial charge on any atom is -0.266 e. The van der Waals surface area contributed by atoms with Crippen LogP contribution in [0.1, 0.15) is 16.7 Å². The predicted octanol–water partition coefficient (Wildman–Crippen LogP) is 4.97. The van der Waals surface area contributed by atoms with E-state index >= 15 is 0 Å². The third-order valence-electron chi connectivity index (χ3n) is 4.35. The Kier molecular flexibility index (Phi) is 4.38. The molecule has 0 radical (unpaired) electrons. The minimum absolute atomic E-state index is 0.209. The Morgan fingerprint density at radius 3 is 2.41 bits per heavy atom. The molecule has 1 aliphatic heterocycles. The second-order valence-corrected chi connectivity index (χ2v) is 6.33. The van der Waals surface area contributed by atoms with Crippen molar-refractivity contribution in [1.29, 1.82) is 0 Å². The molecule has 0 saturated carbocycles. The molecular weight excluding hydrogens is 339 g/mol. The maximum absolute atomic E-state index is 14.0. The monoisotopic (exact) mass is 356 g/mol. The number of carbonyl (C=O) groups excluding carboxylic acids is 1. The zero-order chi connectivity index (χ0) is 18.8. The summed E-state index contributed by atoms with van der Waals surface area (Å²) in [5, 5.41) is 0. The molecule has 0 saturated heterocycles.